The Bertz CT molecular complexity index is 1060. The highest BCUT2D eigenvalue weighted by Crippen LogP contribution is 2.18. The van der Waals surface area contributed by atoms with Crippen molar-refractivity contribution in [3.63, 3.8) is 0 Å². The predicted octanol–water partition coefficient (Wildman–Crippen LogP) is 1.82. The average molecular weight is 462 g/mol. The third-order valence-corrected chi connectivity index (χ3v) is 6.34. The maximum absolute atomic E-state index is 12.8. The summed E-state index contributed by atoms with van der Waals surface area (Å²) in [5, 5.41) is 2.73. The van der Waals surface area contributed by atoms with Gasteiger partial charge in [-0.2, -0.15) is 0 Å². The molecule has 0 atom stereocenters. The molecule has 10 heteroatoms. The SMILES string of the molecule is COc1cccc(NC(=O)COc2ccc(C(=O)N3CCCN(S(C)(=O)=O)CC3)cc2)c1. The molecular weight excluding hydrogens is 434 g/mol. The lowest BCUT2D eigenvalue weighted by molar-refractivity contribution is -0.118. The Balaban J connectivity index is 1.52. The van der Waals surface area contributed by atoms with Crippen LogP contribution in [0.1, 0.15) is 16.8 Å². The van der Waals surface area contributed by atoms with Gasteiger partial charge in [0, 0.05) is 43.5 Å². The molecule has 3 rings (SSSR count). The number of amides is 2. The summed E-state index contributed by atoms with van der Waals surface area (Å²) in [5.41, 5.74) is 1.08. The molecule has 2 aromatic rings. The second-order valence-electron chi connectivity index (χ2n) is 7.40. The van der Waals surface area contributed by atoms with E-state index in [0.29, 0.717) is 48.8 Å². The van der Waals surface area contributed by atoms with Crippen LogP contribution in [-0.2, 0) is 14.8 Å². The zero-order chi connectivity index (χ0) is 23.1. The van der Waals surface area contributed by atoms with Crippen molar-refractivity contribution in [2.24, 2.45) is 0 Å². The van der Waals surface area contributed by atoms with E-state index in [9.17, 15) is 18.0 Å². The molecule has 2 amide bonds. The molecule has 0 bridgehead atoms. The summed E-state index contributed by atoms with van der Waals surface area (Å²) in [6, 6.07) is 13.5. The van der Waals surface area contributed by atoms with Crippen LogP contribution in [0.5, 0.6) is 11.5 Å². The van der Waals surface area contributed by atoms with Gasteiger partial charge in [-0.25, -0.2) is 12.7 Å². The van der Waals surface area contributed by atoms with Crippen LogP contribution in [0.2, 0.25) is 0 Å². The van der Waals surface area contributed by atoms with Crippen molar-refractivity contribution >= 4 is 27.5 Å². The fraction of sp³-hybridized carbons (Fsp3) is 0.364. The third-order valence-electron chi connectivity index (χ3n) is 5.04. The van der Waals surface area contributed by atoms with Gasteiger partial charge in [0.2, 0.25) is 10.0 Å². The van der Waals surface area contributed by atoms with Crippen molar-refractivity contribution in [2.45, 2.75) is 6.42 Å². The Labute approximate surface area is 188 Å². The molecule has 1 heterocycles. The largest absolute Gasteiger partial charge is 0.497 e. The fourth-order valence-electron chi connectivity index (χ4n) is 3.35. The van der Waals surface area contributed by atoms with E-state index < -0.39 is 10.0 Å². The molecule has 9 nitrogen and oxygen atoms in total. The zero-order valence-corrected chi connectivity index (χ0v) is 18.9. The standard InChI is InChI=1S/C22H27N3O6S/c1-30-20-6-3-5-18(15-20)23-21(26)16-31-19-9-7-17(8-10-19)22(27)24-11-4-12-25(14-13-24)32(2,28)29/h3,5-10,15H,4,11-14,16H2,1-2H3,(H,23,26). The summed E-state index contributed by atoms with van der Waals surface area (Å²) in [5.74, 6) is 0.611. The van der Waals surface area contributed by atoms with Gasteiger partial charge in [0.15, 0.2) is 6.61 Å². The molecule has 0 unspecified atom stereocenters. The van der Waals surface area contributed by atoms with Gasteiger partial charge in [0.1, 0.15) is 11.5 Å². The molecule has 1 aliphatic heterocycles. The zero-order valence-electron chi connectivity index (χ0n) is 18.1. The highest BCUT2D eigenvalue weighted by Gasteiger charge is 2.24. The first-order valence-corrected chi connectivity index (χ1v) is 12.0. The smallest absolute Gasteiger partial charge is 0.262 e. The van der Waals surface area contributed by atoms with Gasteiger partial charge in [0.25, 0.3) is 11.8 Å². The molecule has 1 saturated heterocycles. The number of anilines is 1. The minimum Gasteiger partial charge on any atom is -0.497 e. The van der Waals surface area contributed by atoms with Crippen molar-refractivity contribution in [3.8, 4) is 11.5 Å². The number of rotatable bonds is 7. The summed E-state index contributed by atoms with van der Waals surface area (Å²) in [7, 11) is -1.71. The molecule has 32 heavy (non-hydrogen) atoms. The van der Waals surface area contributed by atoms with Crippen LogP contribution in [-0.4, -0.2) is 75.6 Å². The van der Waals surface area contributed by atoms with E-state index in [2.05, 4.69) is 5.32 Å². The number of carbonyl (C=O) groups excluding carboxylic acids is 2. The predicted molar refractivity (Wildman–Crippen MR) is 120 cm³/mol. The number of ether oxygens (including phenoxy) is 2. The van der Waals surface area contributed by atoms with Crippen molar-refractivity contribution in [2.75, 3.05) is 51.5 Å². The van der Waals surface area contributed by atoms with Crippen molar-refractivity contribution in [1.29, 1.82) is 0 Å². The first-order chi connectivity index (χ1) is 15.3. The lowest BCUT2D eigenvalue weighted by Crippen LogP contribution is -2.36. The molecule has 172 valence electrons. The molecule has 2 aromatic carbocycles. The fourth-order valence-corrected chi connectivity index (χ4v) is 4.23. The van der Waals surface area contributed by atoms with E-state index in [1.165, 1.54) is 10.6 Å². The molecular formula is C22H27N3O6S. The van der Waals surface area contributed by atoms with Gasteiger partial charge in [-0.05, 0) is 42.8 Å². The molecule has 1 N–H and O–H groups in total. The monoisotopic (exact) mass is 461 g/mol. The minimum absolute atomic E-state index is 0.164. The highest BCUT2D eigenvalue weighted by molar-refractivity contribution is 7.88. The second kappa shape index (κ2) is 10.5. The Morgan fingerprint density at radius 1 is 1.00 bits per heavy atom. The van der Waals surface area contributed by atoms with E-state index in [-0.39, 0.29) is 25.0 Å². The molecule has 1 aliphatic rings. The van der Waals surface area contributed by atoms with Gasteiger partial charge < -0.3 is 19.7 Å². The van der Waals surface area contributed by atoms with Crippen LogP contribution in [0.25, 0.3) is 0 Å². The van der Waals surface area contributed by atoms with Crippen LogP contribution >= 0.6 is 0 Å². The van der Waals surface area contributed by atoms with Crippen LogP contribution in [0.4, 0.5) is 5.69 Å². The van der Waals surface area contributed by atoms with Gasteiger partial charge in [-0.15, -0.1) is 0 Å². The maximum atomic E-state index is 12.8. The lowest BCUT2D eigenvalue weighted by atomic mass is 10.2. The van der Waals surface area contributed by atoms with Crippen LogP contribution in [0.15, 0.2) is 48.5 Å². The number of carbonyl (C=O) groups is 2. The van der Waals surface area contributed by atoms with E-state index in [1.54, 1.807) is 60.5 Å². The molecule has 0 aromatic heterocycles. The number of hydrogen-bond donors (Lipinski definition) is 1. The van der Waals surface area contributed by atoms with Crippen LogP contribution in [0, 0.1) is 0 Å². The molecule has 0 spiro atoms. The van der Waals surface area contributed by atoms with Crippen molar-refractivity contribution in [1.82, 2.24) is 9.21 Å². The Kier molecular flexibility index (Phi) is 7.70. The summed E-state index contributed by atoms with van der Waals surface area (Å²) in [6.07, 6.45) is 1.77. The summed E-state index contributed by atoms with van der Waals surface area (Å²) in [4.78, 5) is 26.6. The normalized spacial score (nSPS) is 15.0. The number of methoxy groups -OCH3 is 1. The first kappa shape index (κ1) is 23.6. The van der Waals surface area contributed by atoms with Gasteiger partial charge >= 0.3 is 0 Å². The lowest BCUT2D eigenvalue weighted by Gasteiger charge is -2.21. The van der Waals surface area contributed by atoms with E-state index in [1.807, 2.05) is 0 Å². The summed E-state index contributed by atoms with van der Waals surface area (Å²) >= 11 is 0. The van der Waals surface area contributed by atoms with E-state index in [4.69, 9.17) is 9.47 Å². The topological polar surface area (TPSA) is 105 Å². The minimum atomic E-state index is -3.27. The third kappa shape index (κ3) is 6.44. The quantitative estimate of drug-likeness (QED) is 0.674. The Hall–Kier alpha value is -3.11. The Morgan fingerprint density at radius 2 is 1.75 bits per heavy atom. The number of nitrogens with one attached hydrogen (secondary N) is 1. The number of benzene rings is 2. The highest BCUT2D eigenvalue weighted by atomic mass is 32.2. The van der Waals surface area contributed by atoms with Gasteiger partial charge in [-0.1, -0.05) is 6.07 Å². The Morgan fingerprint density at radius 3 is 2.44 bits per heavy atom. The van der Waals surface area contributed by atoms with Crippen molar-refractivity contribution < 1.29 is 27.5 Å². The number of nitrogens with zero attached hydrogens (tertiary/aromatic N) is 2. The number of sulfonamides is 1. The van der Waals surface area contributed by atoms with Gasteiger partial charge in [0.05, 0.1) is 13.4 Å². The molecule has 0 saturated carbocycles. The van der Waals surface area contributed by atoms with Gasteiger partial charge in [-0.3, -0.25) is 9.59 Å². The molecule has 1 fully saturated rings. The average Bonchev–Trinajstić information content (AvgIpc) is 3.04. The number of hydrogen-bond acceptors (Lipinski definition) is 6. The van der Waals surface area contributed by atoms with Crippen LogP contribution in [0.3, 0.4) is 0 Å². The second-order valence-corrected chi connectivity index (χ2v) is 9.38. The first-order valence-electron chi connectivity index (χ1n) is 10.2. The van der Waals surface area contributed by atoms with Crippen LogP contribution < -0.4 is 14.8 Å². The summed E-state index contributed by atoms with van der Waals surface area (Å²) < 4.78 is 35.5. The summed E-state index contributed by atoms with van der Waals surface area (Å²) in [6.45, 7) is 1.35. The molecule has 0 radical (unpaired) electrons. The van der Waals surface area contributed by atoms with E-state index in [0.717, 1.165) is 0 Å². The maximum Gasteiger partial charge on any atom is 0.262 e. The molecule has 0 aliphatic carbocycles. The van der Waals surface area contributed by atoms with Crippen molar-refractivity contribution in [3.05, 3.63) is 54.1 Å². The van der Waals surface area contributed by atoms with E-state index >= 15 is 0 Å².